The van der Waals surface area contributed by atoms with Crippen LogP contribution in [0.4, 0.5) is 0 Å². The van der Waals surface area contributed by atoms with Gasteiger partial charge in [0.15, 0.2) is 5.76 Å². The van der Waals surface area contributed by atoms with Gasteiger partial charge in [0.2, 0.25) is 10.0 Å². The van der Waals surface area contributed by atoms with Gasteiger partial charge in [0, 0.05) is 31.6 Å². The third kappa shape index (κ3) is 3.61. The van der Waals surface area contributed by atoms with E-state index in [1.807, 2.05) is 12.1 Å². The van der Waals surface area contributed by atoms with Crippen LogP contribution in [-0.4, -0.2) is 38.3 Å². The molecule has 1 aliphatic carbocycles. The molecule has 1 fully saturated rings. The lowest BCUT2D eigenvalue weighted by Crippen LogP contribution is -2.30. The average Bonchev–Trinajstić information content (AvgIpc) is 3.36. The van der Waals surface area contributed by atoms with Gasteiger partial charge in [-0.2, -0.15) is 4.31 Å². The second kappa shape index (κ2) is 7.72. The van der Waals surface area contributed by atoms with Crippen LogP contribution in [0.3, 0.4) is 0 Å². The van der Waals surface area contributed by atoms with Crippen LogP contribution in [-0.2, 0) is 16.4 Å². The van der Waals surface area contributed by atoms with E-state index in [1.54, 1.807) is 6.92 Å². The Balaban J connectivity index is 1.47. The number of carbonyl (C=O) groups is 1. The van der Waals surface area contributed by atoms with E-state index >= 15 is 0 Å². The summed E-state index contributed by atoms with van der Waals surface area (Å²) in [6.07, 6.45) is 4.95. The van der Waals surface area contributed by atoms with Gasteiger partial charge in [-0.3, -0.25) is 4.79 Å². The first kappa shape index (κ1) is 19.2. The van der Waals surface area contributed by atoms with Crippen LogP contribution in [0.2, 0.25) is 0 Å². The molecule has 1 amide bonds. The number of rotatable bonds is 5. The normalized spacial score (nSPS) is 20.1. The Morgan fingerprint density at radius 2 is 1.96 bits per heavy atom. The first-order valence-electron chi connectivity index (χ1n) is 9.93. The lowest BCUT2D eigenvalue weighted by atomic mass is 9.83. The maximum Gasteiger partial charge on any atom is 0.287 e. The van der Waals surface area contributed by atoms with Crippen molar-refractivity contribution >= 4 is 15.9 Å². The first-order chi connectivity index (χ1) is 13.5. The largest absolute Gasteiger partial charge is 0.455 e. The second-order valence-corrected chi connectivity index (χ2v) is 9.55. The Hall–Kier alpha value is -2.12. The highest BCUT2D eigenvalue weighted by Crippen LogP contribution is 2.31. The van der Waals surface area contributed by atoms with Crippen molar-refractivity contribution in [2.24, 2.45) is 0 Å². The zero-order valence-electron chi connectivity index (χ0n) is 16.1. The van der Waals surface area contributed by atoms with Crippen molar-refractivity contribution in [2.45, 2.75) is 49.8 Å². The second-order valence-electron chi connectivity index (χ2n) is 7.64. The number of carbonyl (C=O) groups excluding carboxylic acids is 1. The van der Waals surface area contributed by atoms with Gasteiger partial charge in [-0.15, -0.1) is 0 Å². The summed E-state index contributed by atoms with van der Waals surface area (Å²) in [5.74, 6) is 0.228. The van der Waals surface area contributed by atoms with Crippen LogP contribution in [0.25, 0.3) is 0 Å². The zero-order chi connectivity index (χ0) is 19.7. The lowest BCUT2D eigenvalue weighted by Gasteiger charge is -2.25. The van der Waals surface area contributed by atoms with Gasteiger partial charge in [0.1, 0.15) is 10.7 Å². The topological polar surface area (TPSA) is 79.6 Å². The molecular weight excluding hydrogens is 376 g/mol. The number of nitrogens with one attached hydrogen (secondary N) is 1. The van der Waals surface area contributed by atoms with Crippen molar-refractivity contribution in [3.8, 4) is 0 Å². The molecule has 1 aliphatic heterocycles. The summed E-state index contributed by atoms with van der Waals surface area (Å²) in [5.41, 5.74) is 2.64. The van der Waals surface area contributed by atoms with Crippen molar-refractivity contribution in [2.75, 3.05) is 19.6 Å². The maximum absolute atomic E-state index is 12.8. The number of amides is 1. The van der Waals surface area contributed by atoms with Gasteiger partial charge in [0.05, 0.1) is 0 Å². The molecule has 0 saturated carbocycles. The van der Waals surface area contributed by atoms with Crippen LogP contribution < -0.4 is 5.32 Å². The Labute approximate surface area is 166 Å². The molecule has 0 spiro atoms. The monoisotopic (exact) mass is 402 g/mol. The molecule has 150 valence electrons. The zero-order valence-corrected chi connectivity index (χ0v) is 16.9. The molecule has 2 aromatic rings. The van der Waals surface area contributed by atoms with Gasteiger partial charge >= 0.3 is 0 Å². The summed E-state index contributed by atoms with van der Waals surface area (Å²) in [7, 11) is -3.60. The molecule has 2 aliphatic rings. The summed E-state index contributed by atoms with van der Waals surface area (Å²) in [6.45, 7) is 3.16. The standard InChI is InChI=1S/C21H26N2O4S/c1-15-20(28(25,26)23-11-4-5-12-23)13-19(27-15)21(24)22-14-17-9-6-8-16-7-2-3-10-18(16)17/h2-3,7,10,13,17H,4-6,8-9,11-12,14H2,1H3,(H,22,24). The van der Waals surface area contributed by atoms with E-state index < -0.39 is 10.0 Å². The van der Waals surface area contributed by atoms with E-state index in [-0.39, 0.29) is 28.2 Å². The van der Waals surface area contributed by atoms with Gasteiger partial charge in [-0.05, 0) is 50.2 Å². The summed E-state index contributed by atoms with van der Waals surface area (Å²) in [4.78, 5) is 12.7. The highest BCUT2D eigenvalue weighted by atomic mass is 32.2. The van der Waals surface area contributed by atoms with Crippen LogP contribution in [0.1, 0.15) is 59.0 Å². The number of sulfonamides is 1. The number of aryl methyl sites for hydroxylation is 2. The average molecular weight is 403 g/mol. The molecule has 1 atom stereocenters. The Kier molecular flexibility index (Phi) is 5.29. The maximum atomic E-state index is 12.8. The number of fused-ring (bicyclic) bond motifs is 1. The van der Waals surface area contributed by atoms with Gasteiger partial charge in [-0.25, -0.2) is 8.42 Å². The molecule has 1 N–H and O–H groups in total. The SMILES string of the molecule is Cc1oc(C(=O)NCC2CCCc3ccccc32)cc1S(=O)(=O)N1CCCC1. The molecule has 4 rings (SSSR count). The fourth-order valence-corrected chi connectivity index (χ4v) is 5.95. The molecule has 0 radical (unpaired) electrons. The molecule has 1 unspecified atom stereocenters. The molecular formula is C21H26N2O4S. The molecule has 0 bridgehead atoms. The number of furan rings is 1. The van der Waals surface area contributed by atoms with Crippen molar-refractivity contribution in [3.05, 3.63) is 53.0 Å². The Morgan fingerprint density at radius 3 is 2.75 bits per heavy atom. The lowest BCUT2D eigenvalue weighted by molar-refractivity contribution is 0.0921. The fraction of sp³-hybridized carbons (Fsp3) is 0.476. The minimum Gasteiger partial charge on any atom is -0.455 e. The third-order valence-corrected chi connectivity index (χ3v) is 7.79. The van der Waals surface area contributed by atoms with Gasteiger partial charge in [0.25, 0.3) is 5.91 Å². The molecule has 1 aromatic carbocycles. The quantitative estimate of drug-likeness (QED) is 0.833. The van der Waals surface area contributed by atoms with Crippen molar-refractivity contribution in [1.82, 2.24) is 9.62 Å². The molecule has 1 aromatic heterocycles. The Bertz CT molecular complexity index is 974. The predicted molar refractivity (Wildman–Crippen MR) is 106 cm³/mol. The number of benzene rings is 1. The first-order valence-corrected chi connectivity index (χ1v) is 11.4. The van der Waals surface area contributed by atoms with Crippen molar-refractivity contribution < 1.29 is 17.6 Å². The van der Waals surface area contributed by atoms with E-state index in [2.05, 4.69) is 17.4 Å². The smallest absolute Gasteiger partial charge is 0.287 e. The number of nitrogens with zero attached hydrogens (tertiary/aromatic N) is 1. The molecule has 7 heteroatoms. The molecule has 2 heterocycles. The van der Waals surface area contributed by atoms with Crippen LogP contribution >= 0.6 is 0 Å². The minimum atomic E-state index is -3.60. The van der Waals surface area contributed by atoms with E-state index in [0.717, 1.165) is 32.1 Å². The van der Waals surface area contributed by atoms with E-state index in [9.17, 15) is 13.2 Å². The van der Waals surface area contributed by atoms with E-state index in [4.69, 9.17) is 4.42 Å². The summed E-state index contributed by atoms with van der Waals surface area (Å²) in [5, 5.41) is 2.93. The summed E-state index contributed by atoms with van der Waals surface area (Å²) < 4.78 is 32.5. The van der Waals surface area contributed by atoms with E-state index in [0.29, 0.717) is 19.6 Å². The Morgan fingerprint density at radius 1 is 1.21 bits per heavy atom. The van der Waals surface area contributed by atoms with Crippen molar-refractivity contribution in [1.29, 1.82) is 0 Å². The molecule has 1 saturated heterocycles. The third-order valence-electron chi connectivity index (χ3n) is 5.78. The number of hydrogen-bond donors (Lipinski definition) is 1. The van der Waals surface area contributed by atoms with Gasteiger partial charge in [-0.1, -0.05) is 24.3 Å². The minimum absolute atomic E-state index is 0.0550. The highest BCUT2D eigenvalue weighted by Gasteiger charge is 2.32. The van der Waals surface area contributed by atoms with Crippen molar-refractivity contribution in [3.63, 3.8) is 0 Å². The van der Waals surface area contributed by atoms with Crippen LogP contribution in [0.5, 0.6) is 0 Å². The summed E-state index contributed by atoms with van der Waals surface area (Å²) >= 11 is 0. The highest BCUT2D eigenvalue weighted by molar-refractivity contribution is 7.89. The van der Waals surface area contributed by atoms with Crippen LogP contribution in [0, 0.1) is 6.92 Å². The number of hydrogen-bond acceptors (Lipinski definition) is 4. The van der Waals surface area contributed by atoms with E-state index in [1.165, 1.54) is 21.5 Å². The molecule has 6 nitrogen and oxygen atoms in total. The fourth-order valence-electron chi connectivity index (χ4n) is 4.27. The summed E-state index contributed by atoms with van der Waals surface area (Å²) in [6, 6.07) is 9.73. The van der Waals surface area contributed by atoms with Crippen LogP contribution in [0.15, 0.2) is 39.6 Å². The molecule has 28 heavy (non-hydrogen) atoms. The van der Waals surface area contributed by atoms with Gasteiger partial charge < -0.3 is 9.73 Å². The predicted octanol–water partition coefficient (Wildman–Crippen LogP) is 3.22.